The van der Waals surface area contributed by atoms with Crippen LogP contribution in [0, 0.1) is 0 Å². The third-order valence-electron chi connectivity index (χ3n) is 2.92. The van der Waals surface area contributed by atoms with Crippen LogP contribution in [0.3, 0.4) is 0 Å². The van der Waals surface area contributed by atoms with E-state index < -0.39 is 17.2 Å². The van der Waals surface area contributed by atoms with Crippen LogP contribution in [0.15, 0.2) is 32.4 Å². The minimum absolute atomic E-state index is 0.0606. The van der Waals surface area contributed by atoms with Gasteiger partial charge in [0.25, 0.3) is 11.5 Å². The lowest BCUT2D eigenvalue weighted by molar-refractivity contribution is 0.0950. The molecular weight excluding hydrogens is 310 g/mol. The van der Waals surface area contributed by atoms with Gasteiger partial charge >= 0.3 is 5.69 Å². The quantitative estimate of drug-likeness (QED) is 0.629. The number of hydrogen-bond donors (Lipinski definition) is 3. The summed E-state index contributed by atoms with van der Waals surface area (Å²) < 4.78 is 6.87. The molecule has 0 unspecified atom stereocenters. The first-order valence-electron chi connectivity index (χ1n) is 6.04. The van der Waals surface area contributed by atoms with Crippen LogP contribution in [0.2, 0.25) is 0 Å². The molecular formula is C12H13N5O4S. The Labute approximate surface area is 129 Å². The van der Waals surface area contributed by atoms with Gasteiger partial charge in [-0.15, -0.1) is 0 Å². The van der Waals surface area contributed by atoms with Crippen LogP contribution in [0.25, 0.3) is 0 Å². The number of furan rings is 1. The number of thiocarbonyl (C=S) groups is 1. The molecule has 2 aromatic heterocycles. The van der Waals surface area contributed by atoms with Crippen molar-refractivity contribution in [3.05, 3.63) is 45.0 Å². The summed E-state index contributed by atoms with van der Waals surface area (Å²) in [5.74, 6) is -0.615. The summed E-state index contributed by atoms with van der Waals surface area (Å²) in [5, 5.41) is 4.71. The maximum atomic E-state index is 12.0. The highest BCUT2D eigenvalue weighted by Gasteiger charge is 2.16. The molecule has 0 aliphatic heterocycles. The number of amides is 1. The minimum atomic E-state index is -0.657. The molecule has 2 aromatic rings. The summed E-state index contributed by atoms with van der Waals surface area (Å²) in [6, 6.07) is 3.00. The Kier molecular flexibility index (Phi) is 4.13. The molecule has 2 heterocycles. The minimum Gasteiger partial charge on any atom is -0.459 e. The standard InChI is InChI=1S/C12H13N5O4S/c1-16-8(13)7(10(19)17(2)12(16)20)14-11(22)15-9(18)6-4-3-5-21-6/h3-5H,13H2,1-2H3,(H2,14,15,18,22). The second kappa shape index (κ2) is 5.85. The van der Waals surface area contributed by atoms with E-state index in [1.54, 1.807) is 6.07 Å². The summed E-state index contributed by atoms with van der Waals surface area (Å²) >= 11 is 4.95. The summed E-state index contributed by atoms with van der Waals surface area (Å²) in [5.41, 5.74) is 4.39. The highest BCUT2D eigenvalue weighted by molar-refractivity contribution is 7.80. The first kappa shape index (κ1) is 15.5. The Bertz CT molecular complexity index is 850. The summed E-state index contributed by atoms with van der Waals surface area (Å²) in [6.07, 6.45) is 1.34. The zero-order valence-corrected chi connectivity index (χ0v) is 12.6. The molecule has 0 fully saturated rings. The Morgan fingerprint density at radius 2 is 2.00 bits per heavy atom. The number of nitrogens with one attached hydrogen (secondary N) is 2. The van der Waals surface area contributed by atoms with Gasteiger partial charge < -0.3 is 15.5 Å². The van der Waals surface area contributed by atoms with Gasteiger partial charge in [0.2, 0.25) is 0 Å². The van der Waals surface area contributed by atoms with E-state index in [1.807, 2.05) is 0 Å². The number of rotatable bonds is 2. The molecule has 116 valence electrons. The van der Waals surface area contributed by atoms with Crippen molar-refractivity contribution in [2.75, 3.05) is 11.1 Å². The fourth-order valence-corrected chi connectivity index (χ4v) is 1.89. The number of nitrogen functional groups attached to an aromatic ring is 1. The first-order valence-corrected chi connectivity index (χ1v) is 6.45. The van der Waals surface area contributed by atoms with E-state index in [4.69, 9.17) is 22.4 Å². The van der Waals surface area contributed by atoms with Crippen molar-refractivity contribution >= 4 is 34.7 Å². The fourth-order valence-electron chi connectivity index (χ4n) is 1.69. The van der Waals surface area contributed by atoms with Crippen molar-refractivity contribution in [3.63, 3.8) is 0 Å². The Morgan fingerprint density at radius 3 is 2.59 bits per heavy atom. The van der Waals surface area contributed by atoms with Gasteiger partial charge in [-0.2, -0.15) is 0 Å². The zero-order valence-electron chi connectivity index (χ0n) is 11.7. The maximum Gasteiger partial charge on any atom is 0.332 e. The highest BCUT2D eigenvalue weighted by Crippen LogP contribution is 2.09. The van der Waals surface area contributed by atoms with Crippen LogP contribution < -0.4 is 27.6 Å². The SMILES string of the molecule is Cn1c(N)c(NC(=S)NC(=O)c2ccco2)c(=O)n(C)c1=O. The Balaban J connectivity index is 2.25. The molecule has 22 heavy (non-hydrogen) atoms. The number of hydrogen-bond acceptors (Lipinski definition) is 6. The molecule has 0 atom stereocenters. The Morgan fingerprint density at radius 1 is 1.32 bits per heavy atom. The van der Waals surface area contributed by atoms with E-state index in [0.717, 1.165) is 9.13 Å². The summed E-state index contributed by atoms with van der Waals surface area (Å²) in [7, 11) is 2.71. The summed E-state index contributed by atoms with van der Waals surface area (Å²) in [4.78, 5) is 35.5. The van der Waals surface area contributed by atoms with E-state index in [9.17, 15) is 14.4 Å². The lowest BCUT2D eigenvalue weighted by Crippen LogP contribution is -2.42. The van der Waals surface area contributed by atoms with Crippen LogP contribution in [0.4, 0.5) is 11.5 Å². The van der Waals surface area contributed by atoms with Crippen LogP contribution >= 0.6 is 12.2 Å². The predicted molar refractivity (Wildman–Crippen MR) is 83.7 cm³/mol. The van der Waals surface area contributed by atoms with Crippen LogP contribution in [0.1, 0.15) is 10.6 Å². The largest absolute Gasteiger partial charge is 0.459 e. The average Bonchev–Trinajstić information content (AvgIpc) is 3.02. The van der Waals surface area contributed by atoms with Gasteiger partial charge in [0, 0.05) is 14.1 Å². The second-order valence-corrected chi connectivity index (χ2v) is 4.76. The van der Waals surface area contributed by atoms with E-state index in [2.05, 4.69) is 10.6 Å². The molecule has 9 nitrogen and oxygen atoms in total. The predicted octanol–water partition coefficient (Wildman–Crippen LogP) is -0.614. The van der Waals surface area contributed by atoms with Crippen LogP contribution in [0.5, 0.6) is 0 Å². The number of nitrogens with zero attached hydrogens (tertiary/aromatic N) is 2. The molecule has 0 aliphatic carbocycles. The van der Waals surface area contributed by atoms with Gasteiger partial charge in [-0.25, -0.2) is 4.79 Å². The van der Waals surface area contributed by atoms with Crippen molar-refractivity contribution in [1.29, 1.82) is 0 Å². The zero-order chi connectivity index (χ0) is 16.4. The number of aromatic nitrogens is 2. The molecule has 0 saturated heterocycles. The van der Waals surface area contributed by atoms with Gasteiger partial charge in [0.05, 0.1) is 6.26 Å². The van der Waals surface area contributed by atoms with Gasteiger partial charge in [0.15, 0.2) is 10.9 Å². The van der Waals surface area contributed by atoms with Crippen molar-refractivity contribution in [1.82, 2.24) is 14.5 Å². The normalized spacial score (nSPS) is 10.3. The van der Waals surface area contributed by atoms with Gasteiger partial charge in [-0.05, 0) is 24.4 Å². The maximum absolute atomic E-state index is 12.0. The van der Waals surface area contributed by atoms with Crippen molar-refractivity contribution in [2.45, 2.75) is 0 Å². The fraction of sp³-hybridized carbons (Fsp3) is 0.167. The monoisotopic (exact) mass is 323 g/mol. The molecule has 0 radical (unpaired) electrons. The number of carbonyl (C=O) groups excluding carboxylic acids is 1. The number of carbonyl (C=O) groups is 1. The molecule has 1 amide bonds. The van der Waals surface area contributed by atoms with Crippen molar-refractivity contribution in [2.24, 2.45) is 14.1 Å². The van der Waals surface area contributed by atoms with Gasteiger partial charge in [-0.3, -0.25) is 24.0 Å². The van der Waals surface area contributed by atoms with E-state index >= 15 is 0 Å². The summed E-state index contributed by atoms with van der Waals surface area (Å²) in [6.45, 7) is 0. The van der Waals surface area contributed by atoms with Gasteiger partial charge in [0.1, 0.15) is 11.5 Å². The molecule has 0 saturated carbocycles. The van der Waals surface area contributed by atoms with E-state index in [-0.39, 0.29) is 22.4 Å². The lowest BCUT2D eigenvalue weighted by Gasteiger charge is -2.13. The lowest BCUT2D eigenvalue weighted by atomic mass is 10.4. The molecule has 0 aliphatic rings. The second-order valence-electron chi connectivity index (χ2n) is 4.35. The van der Waals surface area contributed by atoms with Crippen LogP contribution in [-0.4, -0.2) is 20.2 Å². The molecule has 10 heteroatoms. The van der Waals surface area contributed by atoms with E-state index in [0.29, 0.717) is 0 Å². The first-order chi connectivity index (χ1) is 10.3. The average molecular weight is 323 g/mol. The van der Waals surface area contributed by atoms with Crippen LogP contribution in [-0.2, 0) is 14.1 Å². The Hall–Kier alpha value is -2.88. The molecule has 0 aromatic carbocycles. The third kappa shape index (κ3) is 2.76. The molecule has 0 bridgehead atoms. The molecule has 0 spiro atoms. The smallest absolute Gasteiger partial charge is 0.332 e. The number of nitrogens with two attached hydrogens (primary N) is 1. The van der Waals surface area contributed by atoms with Crippen molar-refractivity contribution in [3.8, 4) is 0 Å². The van der Waals surface area contributed by atoms with Gasteiger partial charge in [-0.1, -0.05) is 0 Å². The number of anilines is 2. The molecule has 4 N–H and O–H groups in total. The van der Waals surface area contributed by atoms with E-state index in [1.165, 1.54) is 26.4 Å². The third-order valence-corrected chi connectivity index (χ3v) is 3.12. The van der Waals surface area contributed by atoms with Crippen molar-refractivity contribution < 1.29 is 9.21 Å². The highest BCUT2D eigenvalue weighted by atomic mass is 32.1. The molecule has 2 rings (SSSR count). The topological polar surface area (TPSA) is 124 Å².